The molecule has 0 unspecified atom stereocenters. The maximum Gasteiger partial charge on any atom is 0.249 e. The molecule has 3 aromatic heterocycles. The van der Waals surface area contributed by atoms with Crippen molar-refractivity contribution in [3.05, 3.63) is 60.8 Å². The van der Waals surface area contributed by atoms with Crippen molar-refractivity contribution in [2.45, 2.75) is 20.4 Å². The van der Waals surface area contributed by atoms with E-state index >= 15 is 0 Å². The van der Waals surface area contributed by atoms with Crippen LogP contribution in [0.5, 0.6) is 5.75 Å². The number of carbonyl (C=O) groups excluding carboxylic acids is 1. The van der Waals surface area contributed by atoms with Crippen molar-refractivity contribution >= 4 is 17.5 Å². The van der Waals surface area contributed by atoms with Crippen LogP contribution < -0.4 is 10.1 Å². The summed E-state index contributed by atoms with van der Waals surface area (Å²) in [6.45, 7) is 4.75. The third-order valence-electron chi connectivity index (χ3n) is 4.21. The number of aryl methyl sites for hydroxylation is 1. The van der Waals surface area contributed by atoms with Crippen LogP contribution >= 0.6 is 0 Å². The maximum absolute atomic E-state index is 12.1. The minimum Gasteiger partial charge on any atom is -0.493 e. The smallest absolute Gasteiger partial charge is 0.249 e. The summed E-state index contributed by atoms with van der Waals surface area (Å²) in [5.74, 6) is 0.865. The quantitative estimate of drug-likeness (QED) is 0.559. The molecule has 1 amide bonds. The fraction of sp³-hybridized carbons (Fsp3) is 0.200. The van der Waals surface area contributed by atoms with E-state index in [0.29, 0.717) is 12.3 Å². The number of imidazole rings is 1. The number of ether oxygens (including phenoxy) is 1. The fourth-order valence-corrected chi connectivity index (χ4v) is 2.96. The molecule has 0 spiro atoms. The number of carbonyl (C=O) groups is 1. The molecular formula is C20H20N6O2. The summed E-state index contributed by atoms with van der Waals surface area (Å²) >= 11 is 0. The van der Waals surface area contributed by atoms with Crippen LogP contribution in [-0.2, 0) is 11.3 Å². The molecule has 0 atom stereocenters. The van der Waals surface area contributed by atoms with E-state index in [9.17, 15) is 4.79 Å². The first-order valence-corrected chi connectivity index (χ1v) is 8.98. The second-order valence-corrected chi connectivity index (χ2v) is 6.37. The Morgan fingerprint density at radius 2 is 2.14 bits per heavy atom. The first-order valence-electron chi connectivity index (χ1n) is 8.98. The molecule has 1 N–H and O–H groups in total. The van der Waals surface area contributed by atoms with Gasteiger partial charge in [0, 0.05) is 29.7 Å². The Labute approximate surface area is 161 Å². The van der Waals surface area contributed by atoms with Gasteiger partial charge in [0.25, 0.3) is 0 Å². The van der Waals surface area contributed by atoms with E-state index in [1.807, 2.05) is 44.3 Å². The van der Waals surface area contributed by atoms with Crippen molar-refractivity contribution in [1.82, 2.24) is 24.1 Å². The number of nitrogens with zero attached hydrogens (tertiary/aromatic N) is 5. The Hall–Kier alpha value is -3.68. The van der Waals surface area contributed by atoms with Crippen LogP contribution in [0.3, 0.4) is 0 Å². The van der Waals surface area contributed by atoms with Gasteiger partial charge in [0.05, 0.1) is 12.9 Å². The number of hydrogen-bond donors (Lipinski definition) is 1. The van der Waals surface area contributed by atoms with Gasteiger partial charge in [0.15, 0.2) is 5.65 Å². The molecule has 1 aromatic carbocycles. The molecule has 28 heavy (non-hydrogen) atoms. The number of rotatable bonds is 6. The lowest BCUT2D eigenvalue weighted by atomic mass is 10.0. The summed E-state index contributed by atoms with van der Waals surface area (Å²) in [5, 5.41) is 7.09. The highest BCUT2D eigenvalue weighted by Crippen LogP contribution is 2.31. The number of benzene rings is 1. The standard InChI is InChI=1S/C20H20N6O2/c1-3-28-17-6-4-14(2)10-16(17)15-5-7-18-22-20(24-26(18)11-15)23-19(27)12-25-9-8-21-13-25/h4-11,13H,3,12H2,1-2H3,(H,23,24,27). The molecule has 0 aliphatic carbocycles. The lowest BCUT2D eigenvalue weighted by molar-refractivity contribution is -0.116. The van der Waals surface area contributed by atoms with Crippen LogP contribution in [0.2, 0.25) is 0 Å². The summed E-state index contributed by atoms with van der Waals surface area (Å²) in [6.07, 6.45) is 6.81. The Kier molecular flexibility index (Phi) is 4.76. The first-order chi connectivity index (χ1) is 13.6. The van der Waals surface area contributed by atoms with E-state index in [1.165, 1.54) is 0 Å². The zero-order valence-electron chi connectivity index (χ0n) is 15.7. The summed E-state index contributed by atoms with van der Waals surface area (Å²) < 4.78 is 9.09. The molecular weight excluding hydrogens is 356 g/mol. The highest BCUT2D eigenvalue weighted by molar-refractivity contribution is 5.89. The monoisotopic (exact) mass is 376 g/mol. The van der Waals surface area contributed by atoms with Gasteiger partial charge in [-0.1, -0.05) is 11.6 Å². The third kappa shape index (κ3) is 3.71. The second kappa shape index (κ2) is 7.51. The van der Waals surface area contributed by atoms with E-state index in [4.69, 9.17) is 4.74 Å². The summed E-state index contributed by atoms with van der Waals surface area (Å²) in [6, 6.07) is 9.92. The Balaban J connectivity index is 1.60. The van der Waals surface area contributed by atoms with Crippen LogP contribution in [0.4, 0.5) is 5.95 Å². The predicted molar refractivity (Wildman–Crippen MR) is 105 cm³/mol. The van der Waals surface area contributed by atoms with E-state index in [0.717, 1.165) is 22.4 Å². The van der Waals surface area contributed by atoms with E-state index in [2.05, 4.69) is 26.4 Å². The average molecular weight is 376 g/mol. The third-order valence-corrected chi connectivity index (χ3v) is 4.21. The summed E-state index contributed by atoms with van der Waals surface area (Å²) in [5.41, 5.74) is 3.74. The number of amides is 1. The van der Waals surface area contributed by atoms with Gasteiger partial charge in [-0.3, -0.25) is 10.1 Å². The van der Waals surface area contributed by atoms with Crippen LogP contribution in [0.1, 0.15) is 12.5 Å². The molecule has 0 fully saturated rings. The van der Waals surface area contributed by atoms with Gasteiger partial charge in [0.1, 0.15) is 12.3 Å². The molecule has 142 valence electrons. The number of nitrogens with one attached hydrogen (secondary N) is 1. The second-order valence-electron chi connectivity index (χ2n) is 6.37. The molecule has 3 heterocycles. The van der Waals surface area contributed by atoms with Crippen LogP contribution in [0.15, 0.2) is 55.2 Å². The molecule has 8 nitrogen and oxygen atoms in total. The zero-order valence-corrected chi connectivity index (χ0v) is 15.7. The molecule has 4 rings (SSSR count). The number of fused-ring (bicyclic) bond motifs is 1. The summed E-state index contributed by atoms with van der Waals surface area (Å²) in [4.78, 5) is 20.4. The number of anilines is 1. The molecule has 0 bridgehead atoms. The van der Waals surface area contributed by atoms with Crippen molar-refractivity contribution in [1.29, 1.82) is 0 Å². The van der Waals surface area contributed by atoms with Gasteiger partial charge >= 0.3 is 0 Å². The largest absolute Gasteiger partial charge is 0.493 e. The van der Waals surface area contributed by atoms with Crippen LogP contribution in [0, 0.1) is 6.92 Å². The lowest BCUT2D eigenvalue weighted by Crippen LogP contribution is -2.18. The Morgan fingerprint density at radius 1 is 1.25 bits per heavy atom. The minimum absolute atomic E-state index is 0.155. The fourth-order valence-electron chi connectivity index (χ4n) is 2.96. The number of aromatic nitrogens is 5. The van der Waals surface area contributed by atoms with Crippen molar-refractivity contribution < 1.29 is 9.53 Å². The van der Waals surface area contributed by atoms with Gasteiger partial charge in [-0.05, 0) is 38.1 Å². The molecule has 0 aliphatic heterocycles. The van der Waals surface area contributed by atoms with E-state index in [-0.39, 0.29) is 18.4 Å². The average Bonchev–Trinajstić information content (AvgIpc) is 3.31. The zero-order chi connectivity index (χ0) is 19.5. The molecule has 0 saturated heterocycles. The highest BCUT2D eigenvalue weighted by Gasteiger charge is 2.11. The van der Waals surface area contributed by atoms with Gasteiger partial charge in [-0.25, -0.2) is 9.50 Å². The van der Waals surface area contributed by atoms with Gasteiger partial charge < -0.3 is 9.30 Å². The molecule has 4 aromatic rings. The van der Waals surface area contributed by atoms with E-state index in [1.54, 1.807) is 27.8 Å². The molecule has 8 heteroatoms. The van der Waals surface area contributed by atoms with Gasteiger partial charge in [-0.2, -0.15) is 4.98 Å². The predicted octanol–water partition coefficient (Wildman–Crippen LogP) is 2.94. The van der Waals surface area contributed by atoms with Crippen molar-refractivity contribution in [3.8, 4) is 16.9 Å². The molecule has 0 aliphatic rings. The van der Waals surface area contributed by atoms with Crippen LogP contribution in [-0.4, -0.2) is 36.7 Å². The van der Waals surface area contributed by atoms with Crippen molar-refractivity contribution in [2.75, 3.05) is 11.9 Å². The topological polar surface area (TPSA) is 86.3 Å². The van der Waals surface area contributed by atoms with Gasteiger partial charge in [0.2, 0.25) is 11.9 Å². The number of hydrogen-bond acceptors (Lipinski definition) is 5. The normalized spacial score (nSPS) is 10.9. The van der Waals surface area contributed by atoms with Crippen LogP contribution in [0.25, 0.3) is 16.8 Å². The Morgan fingerprint density at radius 3 is 2.93 bits per heavy atom. The lowest BCUT2D eigenvalue weighted by Gasteiger charge is -2.11. The minimum atomic E-state index is -0.216. The highest BCUT2D eigenvalue weighted by atomic mass is 16.5. The van der Waals surface area contributed by atoms with Gasteiger partial charge in [-0.15, -0.1) is 5.10 Å². The number of pyridine rings is 1. The van der Waals surface area contributed by atoms with Crippen molar-refractivity contribution in [3.63, 3.8) is 0 Å². The van der Waals surface area contributed by atoms with E-state index < -0.39 is 0 Å². The molecule has 0 saturated carbocycles. The molecule has 0 radical (unpaired) electrons. The first kappa shape index (κ1) is 17.7. The summed E-state index contributed by atoms with van der Waals surface area (Å²) in [7, 11) is 0. The Bertz CT molecular complexity index is 1120. The van der Waals surface area contributed by atoms with Crippen molar-refractivity contribution in [2.24, 2.45) is 0 Å². The SMILES string of the molecule is CCOc1ccc(C)cc1-c1ccc2nc(NC(=O)Cn3ccnc3)nn2c1. The maximum atomic E-state index is 12.1.